The molecule has 3 heterocycles. The average molecular weight is 306 g/mol. The lowest BCUT2D eigenvalue weighted by Crippen LogP contribution is -2.32. The van der Waals surface area contributed by atoms with Crippen LogP contribution in [0.4, 0.5) is 5.13 Å². The SMILES string of the molecule is CC(=O)Nc1nc(CN2CCC[C@@H]2Cn2cncn2)cs1. The third-order valence-corrected chi connectivity index (χ3v) is 4.37. The van der Waals surface area contributed by atoms with E-state index in [1.54, 1.807) is 12.7 Å². The van der Waals surface area contributed by atoms with E-state index < -0.39 is 0 Å². The third kappa shape index (κ3) is 3.64. The molecule has 1 N–H and O–H groups in total. The fourth-order valence-corrected chi connectivity index (χ4v) is 3.40. The van der Waals surface area contributed by atoms with E-state index >= 15 is 0 Å². The van der Waals surface area contributed by atoms with Crippen LogP contribution in [0.2, 0.25) is 0 Å². The number of nitrogens with zero attached hydrogens (tertiary/aromatic N) is 5. The van der Waals surface area contributed by atoms with Crippen LogP contribution in [0.15, 0.2) is 18.0 Å². The van der Waals surface area contributed by atoms with Crippen molar-refractivity contribution in [2.24, 2.45) is 0 Å². The van der Waals surface area contributed by atoms with Gasteiger partial charge < -0.3 is 5.32 Å². The molecule has 0 spiro atoms. The van der Waals surface area contributed by atoms with Crippen molar-refractivity contribution < 1.29 is 4.79 Å². The van der Waals surface area contributed by atoms with Gasteiger partial charge in [-0.3, -0.25) is 14.4 Å². The molecular formula is C13H18N6OS. The van der Waals surface area contributed by atoms with E-state index in [9.17, 15) is 4.79 Å². The van der Waals surface area contributed by atoms with Gasteiger partial charge in [-0.2, -0.15) is 5.10 Å². The van der Waals surface area contributed by atoms with E-state index in [0.29, 0.717) is 11.2 Å². The molecule has 2 aromatic heterocycles. The molecule has 1 fully saturated rings. The third-order valence-electron chi connectivity index (χ3n) is 3.56. The van der Waals surface area contributed by atoms with E-state index in [1.165, 1.54) is 31.1 Å². The first-order chi connectivity index (χ1) is 10.2. The van der Waals surface area contributed by atoms with Crippen LogP contribution in [-0.4, -0.2) is 43.1 Å². The molecule has 7 nitrogen and oxygen atoms in total. The monoisotopic (exact) mass is 306 g/mol. The summed E-state index contributed by atoms with van der Waals surface area (Å²) < 4.78 is 1.88. The normalized spacial score (nSPS) is 19.0. The van der Waals surface area contributed by atoms with E-state index in [0.717, 1.165) is 25.3 Å². The first kappa shape index (κ1) is 14.2. The Balaban J connectivity index is 1.60. The summed E-state index contributed by atoms with van der Waals surface area (Å²) in [6.07, 6.45) is 5.69. The number of thiazole rings is 1. The van der Waals surface area contributed by atoms with Gasteiger partial charge >= 0.3 is 0 Å². The summed E-state index contributed by atoms with van der Waals surface area (Å²) in [5.41, 5.74) is 1.01. The largest absolute Gasteiger partial charge is 0.302 e. The van der Waals surface area contributed by atoms with Crippen molar-refractivity contribution in [1.82, 2.24) is 24.6 Å². The Kier molecular flexibility index (Phi) is 4.26. The molecule has 8 heteroatoms. The zero-order valence-electron chi connectivity index (χ0n) is 11.9. The van der Waals surface area contributed by atoms with Crippen molar-refractivity contribution in [2.45, 2.75) is 38.9 Å². The lowest BCUT2D eigenvalue weighted by molar-refractivity contribution is -0.114. The summed E-state index contributed by atoms with van der Waals surface area (Å²) in [6, 6.07) is 0.470. The highest BCUT2D eigenvalue weighted by Crippen LogP contribution is 2.23. The Morgan fingerprint density at radius 1 is 1.57 bits per heavy atom. The van der Waals surface area contributed by atoms with Crippen molar-refractivity contribution in [2.75, 3.05) is 11.9 Å². The van der Waals surface area contributed by atoms with Gasteiger partial charge in [0.25, 0.3) is 0 Å². The number of hydrogen-bond donors (Lipinski definition) is 1. The summed E-state index contributed by atoms with van der Waals surface area (Å²) in [6.45, 7) is 4.25. The minimum absolute atomic E-state index is 0.0823. The number of likely N-dealkylation sites (tertiary alicyclic amines) is 1. The summed E-state index contributed by atoms with van der Waals surface area (Å²) in [4.78, 5) is 21.9. The molecule has 3 rings (SSSR count). The van der Waals surface area contributed by atoms with Crippen molar-refractivity contribution in [3.63, 3.8) is 0 Å². The molecule has 0 aliphatic carbocycles. The van der Waals surface area contributed by atoms with Gasteiger partial charge in [0.05, 0.1) is 12.2 Å². The molecule has 0 aromatic carbocycles. The van der Waals surface area contributed by atoms with Gasteiger partial charge in [-0.1, -0.05) is 0 Å². The second-order valence-corrected chi connectivity index (χ2v) is 6.07. The summed E-state index contributed by atoms with van der Waals surface area (Å²) in [5, 5.41) is 9.58. The highest BCUT2D eigenvalue weighted by molar-refractivity contribution is 7.13. The average Bonchev–Trinajstić information content (AvgIpc) is 3.14. The molecular weight excluding hydrogens is 288 g/mol. The Labute approximate surface area is 127 Å². The first-order valence-corrected chi connectivity index (χ1v) is 7.87. The lowest BCUT2D eigenvalue weighted by Gasteiger charge is -2.23. The second-order valence-electron chi connectivity index (χ2n) is 5.21. The van der Waals surface area contributed by atoms with Gasteiger partial charge in [0.1, 0.15) is 12.7 Å². The molecule has 0 bridgehead atoms. The molecule has 1 atom stereocenters. The van der Waals surface area contributed by atoms with Crippen molar-refractivity contribution in [3.05, 3.63) is 23.7 Å². The number of anilines is 1. The molecule has 0 saturated carbocycles. The lowest BCUT2D eigenvalue weighted by atomic mass is 10.2. The molecule has 112 valence electrons. The number of carbonyl (C=O) groups is 1. The number of rotatable bonds is 5. The maximum Gasteiger partial charge on any atom is 0.223 e. The quantitative estimate of drug-likeness (QED) is 0.902. The maximum atomic E-state index is 11.0. The first-order valence-electron chi connectivity index (χ1n) is 6.99. The maximum absolute atomic E-state index is 11.0. The fraction of sp³-hybridized carbons (Fsp3) is 0.538. The highest BCUT2D eigenvalue weighted by atomic mass is 32.1. The zero-order valence-corrected chi connectivity index (χ0v) is 12.7. The van der Waals surface area contributed by atoms with Crippen LogP contribution in [0.5, 0.6) is 0 Å². The van der Waals surface area contributed by atoms with Crippen LogP contribution in [0.25, 0.3) is 0 Å². The Hall–Kier alpha value is -1.80. The van der Waals surface area contributed by atoms with Crippen LogP contribution in [0.1, 0.15) is 25.5 Å². The number of aromatic nitrogens is 4. The standard InChI is InChI=1S/C13H18N6OS/c1-10(20)16-13-17-11(7-21-13)5-18-4-2-3-12(18)6-19-9-14-8-15-19/h7-9,12H,2-6H2,1H3,(H,16,17,20)/t12-/m1/s1. The molecule has 1 saturated heterocycles. The van der Waals surface area contributed by atoms with Crippen LogP contribution >= 0.6 is 11.3 Å². The molecule has 1 aliphatic heterocycles. The van der Waals surface area contributed by atoms with Gasteiger partial charge in [-0.05, 0) is 19.4 Å². The molecule has 1 aliphatic rings. The Bertz CT molecular complexity index is 596. The minimum atomic E-state index is -0.0823. The van der Waals surface area contributed by atoms with Gasteiger partial charge in [0.2, 0.25) is 5.91 Å². The molecule has 21 heavy (non-hydrogen) atoms. The fourth-order valence-electron chi connectivity index (χ4n) is 2.65. The molecule has 1 amide bonds. The Morgan fingerprint density at radius 2 is 2.48 bits per heavy atom. The van der Waals surface area contributed by atoms with Crippen molar-refractivity contribution in [3.8, 4) is 0 Å². The van der Waals surface area contributed by atoms with E-state index in [1.807, 2.05) is 10.1 Å². The van der Waals surface area contributed by atoms with Crippen LogP contribution in [0.3, 0.4) is 0 Å². The van der Waals surface area contributed by atoms with Crippen LogP contribution < -0.4 is 5.32 Å². The van der Waals surface area contributed by atoms with Gasteiger partial charge in [-0.25, -0.2) is 9.97 Å². The summed E-state index contributed by atoms with van der Waals surface area (Å²) >= 11 is 1.47. The minimum Gasteiger partial charge on any atom is -0.302 e. The van der Waals surface area contributed by atoms with Crippen LogP contribution in [-0.2, 0) is 17.9 Å². The smallest absolute Gasteiger partial charge is 0.223 e. The van der Waals surface area contributed by atoms with Crippen LogP contribution in [0, 0.1) is 0 Å². The van der Waals surface area contributed by atoms with E-state index in [4.69, 9.17) is 0 Å². The zero-order chi connectivity index (χ0) is 14.7. The van der Waals surface area contributed by atoms with Gasteiger partial charge in [0.15, 0.2) is 5.13 Å². The summed E-state index contributed by atoms with van der Waals surface area (Å²) in [7, 11) is 0. The predicted molar refractivity (Wildman–Crippen MR) is 79.9 cm³/mol. The van der Waals surface area contributed by atoms with Gasteiger partial charge in [0, 0.05) is 24.9 Å². The number of hydrogen-bond acceptors (Lipinski definition) is 6. The number of nitrogens with one attached hydrogen (secondary N) is 1. The number of carbonyl (C=O) groups excluding carboxylic acids is 1. The highest BCUT2D eigenvalue weighted by Gasteiger charge is 2.25. The summed E-state index contributed by atoms with van der Waals surface area (Å²) in [5.74, 6) is -0.0823. The van der Waals surface area contributed by atoms with Crippen molar-refractivity contribution in [1.29, 1.82) is 0 Å². The molecule has 2 aromatic rings. The van der Waals surface area contributed by atoms with E-state index in [-0.39, 0.29) is 5.91 Å². The van der Waals surface area contributed by atoms with Gasteiger partial charge in [-0.15, -0.1) is 11.3 Å². The van der Waals surface area contributed by atoms with E-state index in [2.05, 4.69) is 25.3 Å². The van der Waals surface area contributed by atoms with Crippen molar-refractivity contribution >= 4 is 22.4 Å². The molecule has 0 radical (unpaired) electrons. The molecule has 0 unspecified atom stereocenters. The predicted octanol–water partition coefficient (Wildman–Crippen LogP) is 1.36. The topological polar surface area (TPSA) is 75.9 Å². The number of amides is 1. The second kappa shape index (κ2) is 6.31. The Morgan fingerprint density at radius 3 is 3.24 bits per heavy atom.